The van der Waals surface area contributed by atoms with Gasteiger partial charge in [0.25, 0.3) is 0 Å². The number of rotatable bonds is 7. The van der Waals surface area contributed by atoms with Crippen LogP contribution >= 0.6 is 0 Å². The molecule has 1 amide bonds. The van der Waals surface area contributed by atoms with Crippen molar-refractivity contribution in [3.8, 4) is 11.5 Å². The van der Waals surface area contributed by atoms with Crippen LogP contribution in [0.4, 0.5) is 0 Å². The number of nitrogens with zero attached hydrogens (tertiary/aromatic N) is 2. The lowest BCUT2D eigenvalue weighted by molar-refractivity contribution is -0.133. The van der Waals surface area contributed by atoms with Gasteiger partial charge < -0.3 is 19.3 Å². The third-order valence-electron chi connectivity index (χ3n) is 5.50. The summed E-state index contributed by atoms with van der Waals surface area (Å²) in [5, 5.41) is 0. The molecule has 0 aliphatic carbocycles. The van der Waals surface area contributed by atoms with Gasteiger partial charge in [-0.2, -0.15) is 0 Å². The third-order valence-corrected chi connectivity index (χ3v) is 5.50. The van der Waals surface area contributed by atoms with Crippen molar-refractivity contribution in [3.05, 3.63) is 24.3 Å². The van der Waals surface area contributed by atoms with Crippen LogP contribution < -0.4 is 9.47 Å². The molecular formula is C20H30N2O3. The molecule has 2 aliphatic rings. The highest BCUT2D eigenvalue weighted by molar-refractivity contribution is 5.76. The molecule has 25 heavy (non-hydrogen) atoms. The first kappa shape index (κ1) is 18.1. The van der Waals surface area contributed by atoms with Crippen molar-refractivity contribution in [2.45, 2.75) is 50.6 Å². The Hall–Kier alpha value is -1.75. The van der Waals surface area contributed by atoms with Crippen LogP contribution in [0.25, 0.3) is 0 Å². The summed E-state index contributed by atoms with van der Waals surface area (Å²) >= 11 is 0. The fourth-order valence-electron chi connectivity index (χ4n) is 4.15. The molecule has 2 heterocycles. The molecule has 0 unspecified atom stereocenters. The van der Waals surface area contributed by atoms with Crippen molar-refractivity contribution in [1.82, 2.24) is 9.80 Å². The van der Waals surface area contributed by atoms with E-state index < -0.39 is 0 Å². The highest BCUT2D eigenvalue weighted by Crippen LogP contribution is 2.29. The molecule has 0 radical (unpaired) electrons. The Labute approximate surface area is 150 Å². The molecule has 2 aliphatic heterocycles. The normalized spacial score (nSPS) is 23.8. The van der Waals surface area contributed by atoms with E-state index in [1.165, 1.54) is 19.4 Å². The number of hydrogen-bond donors (Lipinski definition) is 0. The summed E-state index contributed by atoms with van der Waals surface area (Å²) in [6.45, 7) is 2.66. The van der Waals surface area contributed by atoms with Crippen molar-refractivity contribution in [2.24, 2.45) is 0 Å². The van der Waals surface area contributed by atoms with E-state index in [2.05, 4.69) is 16.8 Å². The molecule has 2 saturated heterocycles. The highest BCUT2D eigenvalue weighted by atomic mass is 16.5. The summed E-state index contributed by atoms with van der Waals surface area (Å²) < 4.78 is 10.9. The van der Waals surface area contributed by atoms with E-state index in [1.807, 2.05) is 24.3 Å². The van der Waals surface area contributed by atoms with Gasteiger partial charge in [0.2, 0.25) is 5.91 Å². The Morgan fingerprint density at radius 1 is 1.08 bits per heavy atom. The molecular weight excluding hydrogens is 316 g/mol. The molecule has 0 spiro atoms. The van der Waals surface area contributed by atoms with Gasteiger partial charge in [-0.1, -0.05) is 0 Å². The smallest absolute Gasteiger partial charge is 0.222 e. The monoisotopic (exact) mass is 346 g/mol. The largest absolute Gasteiger partial charge is 0.497 e. The van der Waals surface area contributed by atoms with Gasteiger partial charge in [0, 0.05) is 25.0 Å². The van der Waals surface area contributed by atoms with E-state index in [9.17, 15) is 4.79 Å². The topological polar surface area (TPSA) is 42.0 Å². The number of likely N-dealkylation sites (N-methyl/N-ethyl adjacent to an activating group) is 1. The number of ether oxygens (including phenoxy) is 2. The molecule has 0 N–H and O–H groups in total. The van der Waals surface area contributed by atoms with E-state index in [0.717, 1.165) is 37.3 Å². The summed E-state index contributed by atoms with van der Waals surface area (Å²) in [6, 6.07) is 8.53. The minimum Gasteiger partial charge on any atom is -0.497 e. The molecule has 5 heteroatoms. The van der Waals surface area contributed by atoms with Gasteiger partial charge in [-0.25, -0.2) is 0 Å². The average Bonchev–Trinajstić information content (AvgIpc) is 3.27. The first-order chi connectivity index (χ1) is 12.2. The van der Waals surface area contributed by atoms with Crippen LogP contribution in [-0.2, 0) is 4.79 Å². The van der Waals surface area contributed by atoms with Crippen molar-refractivity contribution in [3.63, 3.8) is 0 Å². The number of amides is 1. The Morgan fingerprint density at radius 2 is 1.76 bits per heavy atom. The maximum Gasteiger partial charge on any atom is 0.222 e. The maximum atomic E-state index is 12.6. The molecule has 3 rings (SSSR count). The standard InChI is InChI=1S/C20H30N2O3/c1-21-13-3-6-18(21)19-7-4-14-22(19)20(23)8-5-15-25-17-11-9-16(24-2)10-12-17/h9-12,18-19H,3-8,13-15H2,1-2H3/t18-,19+/m0/s1. The fourth-order valence-corrected chi connectivity index (χ4v) is 4.15. The first-order valence-corrected chi connectivity index (χ1v) is 9.45. The number of hydrogen-bond acceptors (Lipinski definition) is 4. The fraction of sp³-hybridized carbons (Fsp3) is 0.650. The number of carbonyl (C=O) groups excluding carboxylic acids is 1. The summed E-state index contributed by atoms with van der Waals surface area (Å²) in [6.07, 6.45) is 6.12. The van der Waals surface area contributed by atoms with E-state index >= 15 is 0 Å². The minimum absolute atomic E-state index is 0.293. The summed E-state index contributed by atoms with van der Waals surface area (Å²) in [4.78, 5) is 17.2. The van der Waals surface area contributed by atoms with Crippen LogP contribution in [0, 0.1) is 0 Å². The van der Waals surface area contributed by atoms with Gasteiger partial charge in [0.1, 0.15) is 11.5 Å². The van der Waals surface area contributed by atoms with Crippen LogP contribution in [0.3, 0.4) is 0 Å². The Balaban J connectivity index is 1.42. The Morgan fingerprint density at radius 3 is 2.44 bits per heavy atom. The number of benzene rings is 1. The Kier molecular flexibility index (Phi) is 6.19. The van der Waals surface area contributed by atoms with E-state index in [4.69, 9.17) is 9.47 Å². The van der Waals surface area contributed by atoms with Gasteiger partial charge in [-0.05, 0) is 70.0 Å². The van der Waals surface area contributed by atoms with E-state index in [0.29, 0.717) is 31.0 Å². The van der Waals surface area contributed by atoms with Gasteiger partial charge >= 0.3 is 0 Å². The molecule has 0 saturated carbocycles. The second kappa shape index (κ2) is 8.56. The molecule has 1 aromatic rings. The second-order valence-electron chi connectivity index (χ2n) is 7.11. The number of carbonyl (C=O) groups is 1. The first-order valence-electron chi connectivity index (χ1n) is 9.45. The predicted molar refractivity (Wildman–Crippen MR) is 98.1 cm³/mol. The number of likely N-dealkylation sites (tertiary alicyclic amines) is 2. The predicted octanol–water partition coefficient (Wildman–Crippen LogP) is 2.94. The molecule has 5 nitrogen and oxygen atoms in total. The summed E-state index contributed by atoms with van der Waals surface area (Å²) in [5.41, 5.74) is 0. The minimum atomic E-state index is 0.293. The van der Waals surface area contributed by atoms with Crippen LogP contribution in [0.5, 0.6) is 11.5 Å². The SMILES string of the molecule is COc1ccc(OCCCC(=O)N2CCC[C@@H]2[C@@H]2CCCN2C)cc1. The van der Waals surface area contributed by atoms with Crippen molar-refractivity contribution < 1.29 is 14.3 Å². The zero-order valence-electron chi connectivity index (χ0n) is 15.4. The zero-order valence-corrected chi connectivity index (χ0v) is 15.4. The lowest BCUT2D eigenvalue weighted by atomic mass is 10.0. The van der Waals surface area contributed by atoms with Gasteiger partial charge in [-0.3, -0.25) is 4.79 Å². The van der Waals surface area contributed by atoms with E-state index in [1.54, 1.807) is 7.11 Å². The zero-order chi connectivity index (χ0) is 17.6. The molecule has 1 aromatic carbocycles. The number of methoxy groups -OCH3 is 1. The average molecular weight is 346 g/mol. The molecule has 2 fully saturated rings. The molecule has 2 atom stereocenters. The van der Waals surface area contributed by atoms with Crippen molar-refractivity contribution >= 4 is 5.91 Å². The Bertz CT molecular complexity index is 561. The van der Waals surface area contributed by atoms with Crippen molar-refractivity contribution in [1.29, 1.82) is 0 Å². The van der Waals surface area contributed by atoms with Crippen LogP contribution in [0.15, 0.2) is 24.3 Å². The van der Waals surface area contributed by atoms with Gasteiger partial charge in [-0.15, -0.1) is 0 Å². The molecule has 0 aromatic heterocycles. The van der Waals surface area contributed by atoms with Gasteiger partial charge in [0.05, 0.1) is 13.7 Å². The maximum absolute atomic E-state index is 12.6. The van der Waals surface area contributed by atoms with Crippen LogP contribution in [0.2, 0.25) is 0 Å². The second-order valence-corrected chi connectivity index (χ2v) is 7.11. The molecule has 0 bridgehead atoms. The van der Waals surface area contributed by atoms with E-state index in [-0.39, 0.29) is 0 Å². The third kappa shape index (κ3) is 4.46. The lowest BCUT2D eigenvalue weighted by Crippen LogP contribution is -2.47. The summed E-state index contributed by atoms with van der Waals surface area (Å²) in [5.74, 6) is 1.93. The highest BCUT2D eigenvalue weighted by Gasteiger charge is 2.37. The molecule has 138 valence electrons. The van der Waals surface area contributed by atoms with Gasteiger partial charge in [0.15, 0.2) is 0 Å². The lowest BCUT2D eigenvalue weighted by Gasteiger charge is -2.33. The quantitative estimate of drug-likeness (QED) is 0.712. The summed E-state index contributed by atoms with van der Waals surface area (Å²) in [7, 11) is 3.85. The van der Waals surface area contributed by atoms with Crippen molar-refractivity contribution in [2.75, 3.05) is 33.9 Å². The van der Waals surface area contributed by atoms with Crippen LogP contribution in [0.1, 0.15) is 38.5 Å². The van der Waals surface area contributed by atoms with Crippen LogP contribution in [-0.4, -0.2) is 61.6 Å².